The van der Waals surface area contributed by atoms with E-state index < -0.39 is 18.5 Å². The quantitative estimate of drug-likeness (QED) is 0.743. The van der Waals surface area contributed by atoms with Crippen LogP contribution in [0.4, 0.5) is 11.4 Å². The molecule has 3 rings (SSSR count). The molecule has 0 saturated carbocycles. The highest BCUT2D eigenvalue weighted by Gasteiger charge is 2.19. The SMILES string of the molecule is COc1cc(Cl)c(C)cc1NC(=O)COC(=O)c1ccc2c(c1)OCC(=O)N2. The molecule has 146 valence electrons. The van der Waals surface area contributed by atoms with Gasteiger partial charge in [-0.2, -0.15) is 0 Å². The van der Waals surface area contributed by atoms with E-state index in [1.807, 2.05) is 0 Å². The number of benzene rings is 2. The molecule has 1 aliphatic rings. The highest BCUT2D eigenvalue weighted by molar-refractivity contribution is 6.31. The van der Waals surface area contributed by atoms with Crippen LogP contribution in [0.25, 0.3) is 0 Å². The second-order valence-corrected chi connectivity index (χ2v) is 6.38. The number of amides is 2. The van der Waals surface area contributed by atoms with Crippen molar-refractivity contribution in [2.45, 2.75) is 6.92 Å². The molecule has 2 amide bonds. The minimum absolute atomic E-state index is 0.129. The van der Waals surface area contributed by atoms with Crippen LogP contribution in [0.15, 0.2) is 30.3 Å². The molecule has 9 heteroatoms. The predicted molar refractivity (Wildman–Crippen MR) is 102 cm³/mol. The summed E-state index contributed by atoms with van der Waals surface area (Å²) >= 11 is 6.03. The minimum atomic E-state index is -0.697. The normalized spacial score (nSPS) is 12.3. The smallest absolute Gasteiger partial charge is 0.338 e. The van der Waals surface area contributed by atoms with Crippen molar-refractivity contribution in [2.75, 3.05) is 31.0 Å². The number of aryl methyl sites for hydroxylation is 1. The van der Waals surface area contributed by atoms with E-state index in [-0.39, 0.29) is 18.1 Å². The maximum atomic E-state index is 12.2. The van der Waals surface area contributed by atoms with Gasteiger partial charge in [0.05, 0.1) is 24.0 Å². The third kappa shape index (κ3) is 4.34. The van der Waals surface area contributed by atoms with Gasteiger partial charge in [-0.3, -0.25) is 9.59 Å². The monoisotopic (exact) mass is 404 g/mol. The van der Waals surface area contributed by atoms with Crippen molar-refractivity contribution < 1.29 is 28.6 Å². The van der Waals surface area contributed by atoms with E-state index >= 15 is 0 Å². The number of methoxy groups -OCH3 is 1. The Morgan fingerprint density at radius 3 is 2.82 bits per heavy atom. The predicted octanol–water partition coefficient (Wildman–Crippen LogP) is 2.78. The standard InChI is InChI=1S/C19H17ClN2O6/c1-10-5-14(15(26-2)7-12(10)20)22-18(24)9-28-19(25)11-3-4-13-16(6-11)27-8-17(23)21-13/h3-7H,8-9H2,1-2H3,(H,21,23)(H,22,24). The summed E-state index contributed by atoms with van der Waals surface area (Å²) in [6.45, 7) is 1.17. The van der Waals surface area contributed by atoms with Crippen LogP contribution in [0.5, 0.6) is 11.5 Å². The number of hydrogen-bond donors (Lipinski definition) is 2. The number of carbonyl (C=O) groups is 3. The number of ether oxygens (including phenoxy) is 3. The van der Waals surface area contributed by atoms with Crippen LogP contribution in [0.3, 0.4) is 0 Å². The molecule has 28 heavy (non-hydrogen) atoms. The van der Waals surface area contributed by atoms with Gasteiger partial charge in [-0.05, 0) is 36.8 Å². The summed E-state index contributed by atoms with van der Waals surface area (Å²) in [7, 11) is 1.46. The van der Waals surface area contributed by atoms with Crippen molar-refractivity contribution in [1.82, 2.24) is 0 Å². The van der Waals surface area contributed by atoms with Gasteiger partial charge in [-0.25, -0.2) is 4.79 Å². The van der Waals surface area contributed by atoms with Gasteiger partial charge < -0.3 is 24.8 Å². The minimum Gasteiger partial charge on any atom is -0.495 e. The fraction of sp³-hybridized carbons (Fsp3) is 0.211. The molecular weight excluding hydrogens is 388 g/mol. The number of esters is 1. The molecule has 0 fully saturated rings. The Kier molecular flexibility index (Phi) is 5.70. The zero-order valence-electron chi connectivity index (χ0n) is 15.1. The molecular formula is C19H17ClN2O6. The first kappa shape index (κ1) is 19.5. The summed E-state index contributed by atoms with van der Waals surface area (Å²) in [5.74, 6) is -0.746. The van der Waals surface area contributed by atoms with E-state index in [2.05, 4.69) is 10.6 Å². The lowest BCUT2D eigenvalue weighted by Gasteiger charge is -2.18. The van der Waals surface area contributed by atoms with E-state index in [9.17, 15) is 14.4 Å². The van der Waals surface area contributed by atoms with Crippen molar-refractivity contribution in [3.8, 4) is 11.5 Å². The number of halogens is 1. The average Bonchev–Trinajstić information content (AvgIpc) is 2.68. The lowest BCUT2D eigenvalue weighted by Crippen LogP contribution is -2.25. The van der Waals surface area contributed by atoms with Gasteiger partial charge in [-0.1, -0.05) is 11.6 Å². The zero-order chi connectivity index (χ0) is 20.3. The first-order valence-corrected chi connectivity index (χ1v) is 8.63. The van der Waals surface area contributed by atoms with Crippen molar-refractivity contribution >= 4 is 40.8 Å². The number of carbonyl (C=O) groups excluding carboxylic acids is 3. The third-order valence-electron chi connectivity index (χ3n) is 3.94. The van der Waals surface area contributed by atoms with E-state index in [4.69, 9.17) is 25.8 Å². The molecule has 2 aromatic carbocycles. The van der Waals surface area contributed by atoms with Gasteiger partial charge in [-0.15, -0.1) is 0 Å². The summed E-state index contributed by atoms with van der Waals surface area (Å²) in [4.78, 5) is 35.6. The van der Waals surface area contributed by atoms with E-state index in [1.165, 1.54) is 25.3 Å². The Hall–Kier alpha value is -3.26. The molecule has 1 heterocycles. The molecule has 2 aromatic rings. The number of rotatable bonds is 5. The molecule has 0 aliphatic carbocycles. The molecule has 2 N–H and O–H groups in total. The second-order valence-electron chi connectivity index (χ2n) is 5.97. The van der Waals surface area contributed by atoms with Crippen LogP contribution in [0, 0.1) is 6.92 Å². The van der Waals surface area contributed by atoms with Gasteiger partial charge in [0.25, 0.3) is 11.8 Å². The Balaban J connectivity index is 1.61. The lowest BCUT2D eigenvalue weighted by atomic mass is 10.1. The Morgan fingerprint density at radius 2 is 2.07 bits per heavy atom. The van der Waals surface area contributed by atoms with E-state index in [0.29, 0.717) is 27.9 Å². The van der Waals surface area contributed by atoms with Crippen LogP contribution in [0.2, 0.25) is 5.02 Å². The fourth-order valence-corrected chi connectivity index (χ4v) is 2.69. The van der Waals surface area contributed by atoms with Crippen molar-refractivity contribution in [2.24, 2.45) is 0 Å². The fourth-order valence-electron chi connectivity index (χ4n) is 2.53. The molecule has 0 unspecified atom stereocenters. The number of hydrogen-bond acceptors (Lipinski definition) is 6. The summed E-state index contributed by atoms with van der Waals surface area (Å²) in [6.07, 6.45) is 0. The number of fused-ring (bicyclic) bond motifs is 1. The van der Waals surface area contributed by atoms with Gasteiger partial charge in [0.1, 0.15) is 11.5 Å². The van der Waals surface area contributed by atoms with Crippen LogP contribution in [0.1, 0.15) is 15.9 Å². The Labute approximate surface area is 165 Å². The molecule has 0 saturated heterocycles. The average molecular weight is 405 g/mol. The molecule has 0 radical (unpaired) electrons. The maximum Gasteiger partial charge on any atom is 0.338 e. The van der Waals surface area contributed by atoms with E-state index in [1.54, 1.807) is 19.1 Å². The molecule has 1 aliphatic heterocycles. The van der Waals surface area contributed by atoms with E-state index in [0.717, 1.165) is 5.56 Å². The molecule has 0 spiro atoms. The van der Waals surface area contributed by atoms with Crippen LogP contribution < -0.4 is 20.1 Å². The highest BCUT2D eigenvalue weighted by atomic mass is 35.5. The van der Waals surface area contributed by atoms with Crippen LogP contribution in [-0.4, -0.2) is 38.1 Å². The van der Waals surface area contributed by atoms with Gasteiger partial charge in [0.2, 0.25) is 0 Å². The van der Waals surface area contributed by atoms with Crippen LogP contribution >= 0.6 is 11.6 Å². The summed E-state index contributed by atoms with van der Waals surface area (Å²) < 4.78 is 15.5. The number of anilines is 2. The summed E-state index contributed by atoms with van der Waals surface area (Å²) in [6, 6.07) is 7.70. The Morgan fingerprint density at radius 1 is 1.29 bits per heavy atom. The van der Waals surface area contributed by atoms with Crippen molar-refractivity contribution in [3.63, 3.8) is 0 Å². The molecule has 0 aromatic heterocycles. The largest absolute Gasteiger partial charge is 0.495 e. The zero-order valence-corrected chi connectivity index (χ0v) is 15.9. The lowest BCUT2D eigenvalue weighted by molar-refractivity contribution is -0.119. The van der Waals surface area contributed by atoms with Crippen molar-refractivity contribution in [1.29, 1.82) is 0 Å². The number of nitrogens with one attached hydrogen (secondary N) is 2. The first-order chi connectivity index (χ1) is 13.4. The molecule has 8 nitrogen and oxygen atoms in total. The van der Waals surface area contributed by atoms with Gasteiger partial charge in [0, 0.05) is 11.1 Å². The van der Waals surface area contributed by atoms with Crippen LogP contribution in [-0.2, 0) is 14.3 Å². The van der Waals surface area contributed by atoms with Gasteiger partial charge >= 0.3 is 5.97 Å². The molecule has 0 bridgehead atoms. The third-order valence-corrected chi connectivity index (χ3v) is 4.35. The first-order valence-electron chi connectivity index (χ1n) is 8.25. The summed E-state index contributed by atoms with van der Waals surface area (Å²) in [5, 5.41) is 5.75. The Bertz CT molecular complexity index is 960. The topological polar surface area (TPSA) is 103 Å². The van der Waals surface area contributed by atoms with Gasteiger partial charge in [0.15, 0.2) is 13.2 Å². The summed E-state index contributed by atoms with van der Waals surface area (Å²) in [5.41, 5.74) is 1.85. The second kappa shape index (κ2) is 8.18. The molecule has 0 atom stereocenters. The highest BCUT2D eigenvalue weighted by Crippen LogP contribution is 2.31. The van der Waals surface area contributed by atoms with Crippen molar-refractivity contribution in [3.05, 3.63) is 46.5 Å². The maximum absolute atomic E-state index is 12.2.